The van der Waals surface area contributed by atoms with Gasteiger partial charge < -0.3 is 9.47 Å². The van der Waals surface area contributed by atoms with Crippen molar-refractivity contribution in [2.75, 3.05) is 13.7 Å². The second-order valence-corrected chi connectivity index (χ2v) is 8.54. The zero-order chi connectivity index (χ0) is 21.0. The molecule has 4 nitrogen and oxygen atoms in total. The van der Waals surface area contributed by atoms with Crippen molar-refractivity contribution in [3.05, 3.63) is 75.1 Å². The van der Waals surface area contributed by atoms with Gasteiger partial charge in [0, 0.05) is 22.2 Å². The SMILES string of the molecule is C=CCN1C(=O)C(=Cc2ccc(OC)c(OCc3ccc(Cl)cc3Cl)c2)SC1=S. The summed E-state index contributed by atoms with van der Waals surface area (Å²) in [5, 5.41) is 1.09. The molecule has 0 spiro atoms. The van der Waals surface area contributed by atoms with Gasteiger partial charge in [0.05, 0.1) is 12.0 Å². The molecule has 0 radical (unpaired) electrons. The van der Waals surface area contributed by atoms with Crippen molar-refractivity contribution in [2.24, 2.45) is 0 Å². The molecule has 1 aliphatic heterocycles. The van der Waals surface area contributed by atoms with Crippen LogP contribution in [0.25, 0.3) is 6.08 Å². The lowest BCUT2D eigenvalue weighted by Gasteiger charge is -2.13. The van der Waals surface area contributed by atoms with Crippen molar-refractivity contribution in [3.8, 4) is 11.5 Å². The number of carbonyl (C=O) groups is 1. The molecule has 0 unspecified atom stereocenters. The summed E-state index contributed by atoms with van der Waals surface area (Å²) in [5.41, 5.74) is 1.59. The first-order valence-electron chi connectivity index (χ1n) is 8.54. The Labute approximate surface area is 189 Å². The highest BCUT2D eigenvalue weighted by molar-refractivity contribution is 8.26. The fourth-order valence-corrected chi connectivity index (χ4v) is 4.37. The average Bonchev–Trinajstić information content (AvgIpc) is 2.95. The van der Waals surface area contributed by atoms with Crippen molar-refractivity contribution < 1.29 is 14.3 Å². The molecule has 2 aromatic carbocycles. The number of amides is 1. The zero-order valence-electron chi connectivity index (χ0n) is 15.5. The molecule has 1 saturated heterocycles. The number of nitrogens with zero attached hydrogens (tertiary/aromatic N) is 1. The quantitative estimate of drug-likeness (QED) is 0.286. The molecule has 2 aromatic rings. The maximum atomic E-state index is 12.5. The highest BCUT2D eigenvalue weighted by atomic mass is 35.5. The van der Waals surface area contributed by atoms with E-state index in [1.165, 1.54) is 16.7 Å². The molecule has 1 aliphatic rings. The predicted octanol–water partition coefficient (Wildman–Crippen LogP) is 5.97. The monoisotopic (exact) mass is 465 g/mol. The fourth-order valence-electron chi connectivity index (χ4n) is 2.63. The number of ether oxygens (including phenoxy) is 2. The van der Waals surface area contributed by atoms with Gasteiger partial charge in [0.15, 0.2) is 11.5 Å². The van der Waals surface area contributed by atoms with E-state index < -0.39 is 0 Å². The number of thiocarbonyl (C=S) groups is 1. The first-order chi connectivity index (χ1) is 13.9. The molecule has 0 N–H and O–H groups in total. The van der Waals surface area contributed by atoms with E-state index in [0.717, 1.165) is 11.1 Å². The Morgan fingerprint density at radius 2 is 2.00 bits per heavy atom. The summed E-state index contributed by atoms with van der Waals surface area (Å²) in [6.07, 6.45) is 3.43. The van der Waals surface area contributed by atoms with Gasteiger partial charge in [-0.25, -0.2) is 0 Å². The molecule has 3 rings (SSSR count). The number of methoxy groups -OCH3 is 1. The van der Waals surface area contributed by atoms with Crippen molar-refractivity contribution in [2.45, 2.75) is 6.61 Å². The Bertz CT molecular complexity index is 1010. The van der Waals surface area contributed by atoms with Crippen molar-refractivity contribution >= 4 is 63.5 Å². The Hall–Kier alpha value is -1.99. The molecule has 29 heavy (non-hydrogen) atoms. The van der Waals surface area contributed by atoms with E-state index in [0.29, 0.717) is 37.3 Å². The summed E-state index contributed by atoms with van der Waals surface area (Å²) in [7, 11) is 1.57. The lowest BCUT2D eigenvalue weighted by atomic mass is 10.1. The Morgan fingerprint density at radius 3 is 2.69 bits per heavy atom. The first-order valence-corrected chi connectivity index (χ1v) is 10.5. The number of hydrogen-bond donors (Lipinski definition) is 0. The van der Waals surface area contributed by atoms with E-state index in [9.17, 15) is 4.79 Å². The van der Waals surface area contributed by atoms with Crippen molar-refractivity contribution in [1.29, 1.82) is 0 Å². The van der Waals surface area contributed by atoms with Crippen LogP contribution in [-0.4, -0.2) is 28.8 Å². The van der Waals surface area contributed by atoms with Crippen LogP contribution in [0.1, 0.15) is 11.1 Å². The van der Waals surface area contributed by atoms with Gasteiger partial charge in [-0.2, -0.15) is 0 Å². The second kappa shape index (κ2) is 9.67. The van der Waals surface area contributed by atoms with Crippen LogP contribution in [0.2, 0.25) is 10.0 Å². The smallest absolute Gasteiger partial charge is 0.266 e. The predicted molar refractivity (Wildman–Crippen MR) is 124 cm³/mol. The van der Waals surface area contributed by atoms with Gasteiger partial charge in [-0.05, 0) is 35.9 Å². The minimum atomic E-state index is -0.133. The minimum Gasteiger partial charge on any atom is -0.493 e. The molecule has 1 fully saturated rings. The average molecular weight is 466 g/mol. The van der Waals surface area contributed by atoms with E-state index in [2.05, 4.69) is 6.58 Å². The molecule has 8 heteroatoms. The highest BCUT2D eigenvalue weighted by Gasteiger charge is 2.31. The maximum absolute atomic E-state index is 12.5. The summed E-state index contributed by atoms with van der Waals surface area (Å²) < 4.78 is 11.8. The number of rotatable bonds is 7. The number of thioether (sulfide) groups is 1. The third-order valence-corrected chi connectivity index (χ3v) is 6.03. The highest BCUT2D eigenvalue weighted by Crippen LogP contribution is 2.35. The minimum absolute atomic E-state index is 0.133. The number of hydrogen-bond acceptors (Lipinski definition) is 5. The molecule has 0 saturated carbocycles. The van der Waals surface area contributed by atoms with Crippen LogP contribution in [0, 0.1) is 0 Å². The normalized spacial score (nSPS) is 15.1. The number of halogens is 2. The van der Waals surface area contributed by atoms with Gasteiger partial charge in [-0.15, -0.1) is 6.58 Å². The Kier molecular flexibility index (Phi) is 7.24. The van der Waals surface area contributed by atoms with Crippen LogP contribution in [0.15, 0.2) is 54.0 Å². The van der Waals surface area contributed by atoms with Gasteiger partial charge in [0.2, 0.25) is 0 Å². The molecule has 1 amide bonds. The maximum Gasteiger partial charge on any atom is 0.266 e. The lowest BCUT2D eigenvalue weighted by Crippen LogP contribution is -2.27. The largest absolute Gasteiger partial charge is 0.493 e. The lowest BCUT2D eigenvalue weighted by molar-refractivity contribution is -0.121. The van der Waals surface area contributed by atoms with Crippen LogP contribution in [0.3, 0.4) is 0 Å². The van der Waals surface area contributed by atoms with Crippen LogP contribution in [-0.2, 0) is 11.4 Å². The van der Waals surface area contributed by atoms with E-state index in [-0.39, 0.29) is 12.5 Å². The van der Waals surface area contributed by atoms with Crippen molar-refractivity contribution in [3.63, 3.8) is 0 Å². The topological polar surface area (TPSA) is 38.8 Å². The first kappa shape index (κ1) is 21.7. The van der Waals surface area contributed by atoms with E-state index in [1.54, 1.807) is 37.5 Å². The fraction of sp³-hybridized carbons (Fsp3) is 0.143. The zero-order valence-corrected chi connectivity index (χ0v) is 18.6. The van der Waals surface area contributed by atoms with Crippen LogP contribution >= 0.6 is 47.2 Å². The molecule has 1 heterocycles. The van der Waals surface area contributed by atoms with E-state index >= 15 is 0 Å². The summed E-state index contributed by atoms with van der Waals surface area (Å²) in [5.74, 6) is 0.978. The Morgan fingerprint density at radius 1 is 1.21 bits per heavy atom. The second-order valence-electron chi connectivity index (χ2n) is 6.02. The Balaban J connectivity index is 1.82. The third kappa shape index (κ3) is 5.14. The molecular weight excluding hydrogens is 449 g/mol. The summed E-state index contributed by atoms with van der Waals surface area (Å²) in [6, 6.07) is 10.7. The van der Waals surface area contributed by atoms with Crippen molar-refractivity contribution in [1.82, 2.24) is 4.90 Å². The van der Waals surface area contributed by atoms with Crippen LogP contribution in [0.4, 0.5) is 0 Å². The number of benzene rings is 2. The number of carbonyl (C=O) groups excluding carboxylic acids is 1. The van der Waals surface area contributed by atoms with E-state index in [4.69, 9.17) is 44.9 Å². The molecule has 150 valence electrons. The standard InChI is InChI=1S/C21H17Cl2NO3S2/c1-3-8-24-20(25)19(29-21(24)28)10-13-4-7-17(26-2)18(9-13)27-12-14-5-6-15(22)11-16(14)23/h3-7,9-11H,1,8,12H2,2H3. The van der Waals surface area contributed by atoms with Gasteiger partial charge >= 0.3 is 0 Å². The molecule has 0 aromatic heterocycles. The van der Waals surface area contributed by atoms with Gasteiger partial charge in [0.25, 0.3) is 5.91 Å². The van der Waals surface area contributed by atoms with Crippen LogP contribution < -0.4 is 9.47 Å². The molecule has 0 aliphatic carbocycles. The third-order valence-electron chi connectivity index (χ3n) is 4.07. The van der Waals surface area contributed by atoms with Gasteiger partial charge in [-0.1, -0.05) is 65.4 Å². The van der Waals surface area contributed by atoms with Crippen LogP contribution in [0.5, 0.6) is 11.5 Å². The molecular formula is C21H17Cl2NO3S2. The summed E-state index contributed by atoms with van der Waals surface area (Å²) >= 11 is 18.7. The summed E-state index contributed by atoms with van der Waals surface area (Å²) in [6.45, 7) is 4.30. The molecule has 0 atom stereocenters. The molecule has 0 bridgehead atoms. The van der Waals surface area contributed by atoms with Gasteiger partial charge in [0.1, 0.15) is 10.9 Å². The van der Waals surface area contributed by atoms with Gasteiger partial charge in [-0.3, -0.25) is 9.69 Å². The van der Waals surface area contributed by atoms with E-state index in [1.807, 2.05) is 18.2 Å². The summed E-state index contributed by atoms with van der Waals surface area (Å²) in [4.78, 5) is 14.6.